The third kappa shape index (κ3) is 3.91. The van der Waals surface area contributed by atoms with Gasteiger partial charge < -0.3 is 18.9 Å². The summed E-state index contributed by atoms with van der Waals surface area (Å²) >= 11 is 4.39. The molecule has 0 radical (unpaired) electrons. The van der Waals surface area contributed by atoms with Gasteiger partial charge in [-0.15, -0.1) is 0 Å². The predicted molar refractivity (Wildman–Crippen MR) is 145 cm³/mol. The summed E-state index contributed by atoms with van der Waals surface area (Å²) in [7, 11) is 5.03. The van der Waals surface area contributed by atoms with E-state index in [4.69, 9.17) is 18.9 Å². The Hall–Kier alpha value is -2.22. The van der Waals surface area contributed by atoms with E-state index in [0.29, 0.717) is 0 Å². The van der Waals surface area contributed by atoms with Gasteiger partial charge in [-0.1, -0.05) is 12.1 Å². The molecule has 4 rings (SSSR count). The van der Waals surface area contributed by atoms with E-state index in [2.05, 4.69) is 45.2 Å². The van der Waals surface area contributed by atoms with Crippen LogP contribution < -0.4 is 0 Å². The highest BCUT2D eigenvalue weighted by Crippen LogP contribution is 2.49. The van der Waals surface area contributed by atoms with Crippen molar-refractivity contribution >= 4 is 69.1 Å². The quantitative estimate of drug-likeness (QED) is 0.201. The van der Waals surface area contributed by atoms with Crippen molar-refractivity contribution in [1.29, 1.82) is 0 Å². The number of carbonyl (C=O) groups is 4. The Bertz CT molecular complexity index is 1170. The van der Waals surface area contributed by atoms with Crippen LogP contribution in [-0.4, -0.2) is 52.3 Å². The third-order valence-electron chi connectivity index (χ3n) is 7.26. The van der Waals surface area contributed by atoms with Crippen molar-refractivity contribution < 1.29 is 38.1 Å². The minimum Gasteiger partial charge on any atom is -0.468 e. The summed E-state index contributed by atoms with van der Waals surface area (Å²) in [5.74, 6) is -2.57. The molecule has 0 aromatic heterocycles. The fourth-order valence-electron chi connectivity index (χ4n) is 5.48. The van der Waals surface area contributed by atoms with Crippen LogP contribution in [0, 0.1) is 18.0 Å². The summed E-state index contributed by atoms with van der Waals surface area (Å²) in [6, 6.07) is 7.77. The molecule has 0 heterocycles. The molecule has 2 aromatic rings. The Balaban J connectivity index is 1.91. The summed E-state index contributed by atoms with van der Waals surface area (Å²) in [5.41, 5.74) is 2.15. The number of fused-ring (bicyclic) bond motifs is 2. The zero-order chi connectivity index (χ0) is 26.4. The highest BCUT2D eigenvalue weighted by atomic mass is 127. The number of rotatable bonds is 5. The second kappa shape index (κ2) is 9.92. The van der Waals surface area contributed by atoms with Gasteiger partial charge in [0.1, 0.15) is 0 Å². The first-order chi connectivity index (χ1) is 17.1. The van der Waals surface area contributed by atoms with Gasteiger partial charge in [0.15, 0.2) is 10.8 Å². The van der Waals surface area contributed by atoms with Gasteiger partial charge in [0, 0.05) is 32.8 Å². The van der Waals surface area contributed by atoms with Gasteiger partial charge in [-0.3, -0.25) is 19.2 Å². The lowest BCUT2D eigenvalue weighted by Crippen LogP contribution is -2.42. The Morgan fingerprint density at radius 2 is 0.833 bits per heavy atom. The maximum absolute atomic E-state index is 12.9. The van der Waals surface area contributed by atoms with Gasteiger partial charge in [-0.25, -0.2) is 0 Å². The number of ether oxygens (including phenoxy) is 4. The van der Waals surface area contributed by atoms with Gasteiger partial charge in [0.05, 0.1) is 28.4 Å². The molecule has 8 nitrogen and oxygen atoms in total. The van der Waals surface area contributed by atoms with Crippen molar-refractivity contribution in [1.82, 2.24) is 0 Å². The molecule has 2 aliphatic rings. The number of hydrogen-bond donors (Lipinski definition) is 0. The molecule has 0 fully saturated rings. The van der Waals surface area contributed by atoms with E-state index in [-0.39, 0.29) is 25.7 Å². The first kappa shape index (κ1) is 26.8. The van der Waals surface area contributed by atoms with Crippen molar-refractivity contribution in [3.8, 4) is 11.1 Å². The van der Waals surface area contributed by atoms with E-state index >= 15 is 0 Å². The molecule has 2 aromatic carbocycles. The molecule has 0 spiro atoms. The molecule has 10 heteroatoms. The van der Waals surface area contributed by atoms with Crippen LogP contribution in [-0.2, 0) is 63.8 Å². The maximum atomic E-state index is 12.9. The van der Waals surface area contributed by atoms with Crippen LogP contribution in [0.15, 0.2) is 24.3 Å². The monoisotopic (exact) mass is 718 g/mol. The van der Waals surface area contributed by atoms with E-state index < -0.39 is 34.7 Å². The van der Waals surface area contributed by atoms with Gasteiger partial charge in [-0.05, 0) is 90.7 Å². The first-order valence-corrected chi connectivity index (χ1v) is 13.2. The molecular formula is C26H24I2O8. The number of benzene rings is 2. The molecule has 0 bridgehead atoms. The maximum Gasteiger partial charge on any atom is 0.323 e. The van der Waals surface area contributed by atoms with Crippen molar-refractivity contribution in [2.75, 3.05) is 28.4 Å². The fraction of sp³-hybridized carbons (Fsp3) is 0.385. The normalized spacial score (nSPS) is 16.5. The minimum absolute atomic E-state index is 0.119. The Morgan fingerprint density at radius 1 is 0.556 bits per heavy atom. The second-order valence-electron chi connectivity index (χ2n) is 8.94. The largest absolute Gasteiger partial charge is 0.468 e. The Morgan fingerprint density at radius 3 is 1.11 bits per heavy atom. The molecule has 36 heavy (non-hydrogen) atoms. The lowest BCUT2D eigenvalue weighted by molar-refractivity contribution is -0.170. The highest BCUT2D eigenvalue weighted by Gasteiger charge is 2.55. The number of methoxy groups -OCH3 is 4. The van der Waals surface area contributed by atoms with E-state index in [9.17, 15) is 19.2 Å². The van der Waals surface area contributed by atoms with Crippen molar-refractivity contribution in [3.05, 3.63) is 53.7 Å². The predicted octanol–water partition coefficient (Wildman–Crippen LogP) is 3.42. The Kier molecular flexibility index (Phi) is 7.39. The molecule has 0 amide bonds. The highest BCUT2D eigenvalue weighted by molar-refractivity contribution is 14.1. The minimum atomic E-state index is -1.48. The van der Waals surface area contributed by atoms with Crippen LogP contribution in [0.5, 0.6) is 0 Å². The SMILES string of the molecule is COC(=O)C1(C(=O)OC)Cc2c(I)ccc(-c3ccc(I)c4c3CC(C(=O)OC)(C(=O)OC)C4)c2C1. The smallest absolute Gasteiger partial charge is 0.323 e. The average molecular weight is 718 g/mol. The molecule has 0 atom stereocenters. The lowest BCUT2D eigenvalue weighted by Gasteiger charge is -2.23. The summed E-state index contributed by atoms with van der Waals surface area (Å²) < 4.78 is 21.9. The molecule has 0 saturated heterocycles. The number of hydrogen-bond acceptors (Lipinski definition) is 8. The van der Waals surface area contributed by atoms with Crippen molar-refractivity contribution in [2.45, 2.75) is 25.7 Å². The zero-order valence-electron chi connectivity index (χ0n) is 20.2. The summed E-state index contributed by atoms with van der Waals surface area (Å²) in [6.07, 6.45) is 0.560. The van der Waals surface area contributed by atoms with Crippen LogP contribution in [0.3, 0.4) is 0 Å². The van der Waals surface area contributed by atoms with Crippen LogP contribution in [0.2, 0.25) is 0 Å². The number of esters is 4. The van der Waals surface area contributed by atoms with Gasteiger partial charge in [0.25, 0.3) is 0 Å². The average Bonchev–Trinajstić information content (AvgIpc) is 3.50. The Labute approximate surface area is 235 Å². The first-order valence-electron chi connectivity index (χ1n) is 11.0. The molecular weight excluding hydrogens is 694 g/mol. The van der Waals surface area contributed by atoms with Crippen LogP contribution >= 0.6 is 45.2 Å². The van der Waals surface area contributed by atoms with Gasteiger partial charge in [-0.2, -0.15) is 0 Å². The van der Waals surface area contributed by atoms with E-state index in [1.807, 2.05) is 24.3 Å². The number of halogens is 2. The van der Waals surface area contributed by atoms with Crippen LogP contribution in [0.25, 0.3) is 11.1 Å². The molecule has 0 aliphatic heterocycles. The van der Waals surface area contributed by atoms with Crippen molar-refractivity contribution in [2.24, 2.45) is 10.8 Å². The standard InChI is InChI=1S/C26H24I2O8/c1-33-21(29)25(22(30)34-2)9-15-13(5-7-19(27)17(15)11-25)14-6-8-20(28)18-12-26(10-16(14)18,23(31)35-3)24(32)36-4/h5-8H,9-12H2,1-4H3. The zero-order valence-corrected chi connectivity index (χ0v) is 24.5. The topological polar surface area (TPSA) is 105 Å². The van der Waals surface area contributed by atoms with Gasteiger partial charge >= 0.3 is 23.9 Å². The van der Waals surface area contributed by atoms with Crippen LogP contribution in [0.1, 0.15) is 22.3 Å². The van der Waals surface area contributed by atoms with Crippen molar-refractivity contribution in [3.63, 3.8) is 0 Å². The van der Waals surface area contributed by atoms with E-state index in [1.54, 1.807) is 0 Å². The molecule has 0 N–H and O–H groups in total. The lowest BCUT2D eigenvalue weighted by atomic mass is 9.83. The molecule has 2 aliphatic carbocycles. The number of carbonyl (C=O) groups excluding carboxylic acids is 4. The summed E-state index contributed by atoms with van der Waals surface area (Å²) in [4.78, 5) is 51.5. The summed E-state index contributed by atoms with van der Waals surface area (Å²) in [6.45, 7) is 0. The van der Waals surface area contributed by atoms with Gasteiger partial charge in [0.2, 0.25) is 0 Å². The van der Waals surface area contributed by atoms with Crippen LogP contribution in [0.4, 0.5) is 0 Å². The van der Waals surface area contributed by atoms with E-state index in [0.717, 1.165) is 40.5 Å². The fourth-order valence-corrected chi connectivity index (χ4v) is 6.87. The molecule has 190 valence electrons. The van der Waals surface area contributed by atoms with E-state index in [1.165, 1.54) is 28.4 Å². The third-order valence-corrected chi connectivity index (χ3v) is 9.28. The molecule has 0 unspecified atom stereocenters. The summed E-state index contributed by atoms with van der Waals surface area (Å²) in [5, 5.41) is 0. The molecule has 0 saturated carbocycles. The second-order valence-corrected chi connectivity index (χ2v) is 11.3.